The molecule has 0 aromatic carbocycles. The number of carbonyl (C=O) groups is 1. The molecule has 1 saturated carbocycles. The molecule has 1 aromatic rings. The van der Waals surface area contributed by atoms with Gasteiger partial charge in [-0.1, -0.05) is 0 Å². The van der Waals surface area contributed by atoms with E-state index in [0.717, 1.165) is 42.6 Å². The zero-order chi connectivity index (χ0) is 16.7. The van der Waals surface area contributed by atoms with Gasteiger partial charge in [-0.25, -0.2) is 4.98 Å². The van der Waals surface area contributed by atoms with Crippen LogP contribution in [0.3, 0.4) is 0 Å². The highest BCUT2D eigenvalue weighted by Crippen LogP contribution is 2.38. The first kappa shape index (κ1) is 16.5. The van der Waals surface area contributed by atoms with Crippen molar-refractivity contribution in [3.63, 3.8) is 0 Å². The molecule has 1 atom stereocenters. The van der Waals surface area contributed by atoms with Gasteiger partial charge in [-0.15, -0.1) is 11.3 Å². The third kappa shape index (κ3) is 3.24. The van der Waals surface area contributed by atoms with Crippen LogP contribution in [0.1, 0.15) is 43.3 Å². The Labute approximate surface area is 148 Å². The largest absolute Gasteiger partial charge is 0.363 e. The molecule has 0 N–H and O–H groups in total. The minimum absolute atomic E-state index is 0.0965. The van der Waals surface area contributed by atoms with Crippen molar-refractivity contribution in [2.75, 3.05) is 26.2 Å². The highest BCUT2D eigenvalue weighted by atomic mass is 32.1. The Bertz CT molecular complexity index is 605. The van der Waals surface area contributed by atoms with Gasteiger partial charge >= 0.3 is 0 Å². The smallest absolute Gasteiger partial charge is 0.249 e. The SMILES string of the molecule is Cc1nc(CN2C(=O)COC3(CCN(CC4CC4)CC3)C2C)cs1. The summed E-state index contributed by atoms with van der Waals surface area (Å²) in [6.07, 6.45) is 4.87. The van der Waals surface area contributed by atoms with Crippen LogP contribution in [0, 0.1) is 12.8 Å². The maximum atomic E-state index is 12.4. The van der Waals surface area contributed by atoms with Gasteiger partial charge in [-0.05, 0) is 45.4 Å². The third-order valence-electron chi connectivity index (χ3n) is 5.95. The number of amides is 1. The average molecular weight is 350 g/mol. The number of likely N-dealkylation sites (tertiary alicyclic amines) is 1. The topological polar surface area (TPSA) is 45.7 Å². The molecule has 5 nitrogen and oxygen atoms in total. The van der Waals surface area contributed by atoms with Crippen molar-refractivity contribution in [3.8, 4) is 0 Å². The van der Waals surface area contributed by atoms with Crippen LogP contribution in [-0.4, -0.2) is 58.6 Å². The van der Waals surface area contributed by atoms with Crippen LogP contribution >= 0.6 is 11.3 Å². The number of rotatable bonds is 4. The lowest BCUT2D eigenvalue weighted by atomic mass is 9.82. The molecule has 4 rings (SSSR count). The van der Waals surface area contributed by atoms with Crippen molar-refractivity contribution in [1.82, 2.24) is 14.8 Å². The van der Waals surface area contributed by atoms with Crippen molar-refractivity contribution in [2.24, 2.45) is 5.92 Å². The summed E-state index contributed by atoms with van der Waals surface area (Å²) < 4.78 is 6.14. The first-order valence-electron chi connectivity index (χ1n) is 9.12. The molecule has 3 fully saturated rings. The van der Waals surface area contributed by atoms with Crippen LogP contribution in [0.5, 0.6) is 0 Å². The molecule has 24 heavy (non-hydrogen) atoms. The quantitative estimate of drug-likeness (QED) is 0.838. The van der Waals surface area contributed by atoms with Gasteiger partial charge in [0.2, 0.25) is 5.91 Å². The molecule has 1 unspecified atom stereocenters. The fourth-order valence-corrected chi connectivity index (χ4v) is 4.74. The second-order valence-electron chi connectivity index (χ2n) is 7.65. The van der Waals surface area contributed by atoms with E-state index < -0.39 is 0 Å². The minimum Gasteiger partial charge on any atom is -0.363 e. The normalized spacial score (nSPS) is 27.8. The molecule has 0 bridgehead atoms. The van der Waals surface area contributed by atoms with Gasteiger partial charge in [0.25, 0.3) is 0 Å². The number of aryl methyl sites for hydroxylation is 1. The van der Waals surface area contributed by atoms with Crippen molar-refractivity contribution in [3.05, 3.63) is 16.1 Å². The molecule has 1 spiro atoms. The van der Waals surface area contributed by atoms with Crippen LogP contribution in [0.4, 0.5) is 0 Å². The first-order chi connectivity index (χ1) is 11.6. The number of hydrogen-bond donors (Lipinski definition) is 0. The molecule has 132 valence electrons. The van der Waals surface area contributed by atoms with E-state index in [1.165, 1.54) is 19.4 Å². The van der Waals surface area contributed by atoms with E-state index in [2.05, 4.69) is 22.2 Å². The van der Waals surface area contributed by atoms with E-state index in [1.807, 2.05) is 11.8 Å². The predicted octanol–water partition coefficient (Wildman–Crippen LogP) is 2.44. The van der Waals surface area contributed by atoms with Gasteiger partial charge in [-0.3, -0.25) is 4.79 Å². The van der Waals surface area contributed by atoms with Crippen molar-refractivity contribution in [2.45, 2.75) is 57.7 Å². The fourth-order valence-electron chi connectivity index (χ4n) is 4.13. The van der Waals surface area contributed by atoms with Gasteiger partial charge in [0, 0.05) is 25.0 Å². The summed E-state index contributed by atoms with van der Waals surface area (Å²) >= 11 is 1.65. The summed E-state index contributed by atoms with van der Waals surface area (Å²) in [6, 6.07) is 0.115. The molecular weight excluding hydrogens is 322 g/mol. The maximum Gasteiger partial charge on any atom is 0.249 e. The van der Waals surface area contributed by atoms with Crippen LogP contribution in [0.2, 0.25) is 0 Å². The summed E-state index contributed by atoms with van der Waals surface area (Å²) in [6.45, 7) is 8.45. The Hall–Kier alpha value is -0.980. The number of piperidine rings is 1. The average Bonchev–Trinajstić information content (AvgIpc) is 3.30. The van der Waals surface area contributed by atoms with Crippen molar-refractivity contribution < 1.29 is 9.53 Å². The Kier molecular flexibility index (Phi) is 4.39. The van der Waals surface area contributed by atoms with Crippen molar-refractivity contribution >= 4 is 17.2 Å². The number of morpholine rings is 1. The Balaban J connectivity index is 1.43. The third-order valence-corrected chi connectivity index (χ3v) is 6.77. The van der Waals surface area contributed by atoms with E-state index in [4.69, 9.17) is 4.74 Å². The lowest BCUT2D eigenvalue weighted by molar-refractivity contribution is -0.188. The van der Waals surface area contributed by atoms with E-state index in [-0.39, 0.29) is 24.2 Å². The number of ether oxygens (including phenoxy) is 1. The lowest BCUT2D eigenvalue weighted by Crippen LogP contribution is -2.63. The van der Waals surface area contributed by atoms with Gasteiger partial charge in [-0.2, -0.15) is 0 Å². The molecule has 1 amide bonds. The van der Waals surface area contributed by atoms with Gasteiger partial charge in [0.15, 0.2) is 0 Å². The van der Waals surface area contributed by atoms with Crippen LogP contribution in [-0.2, 0) is 16.1 Å². The summed E-state index contributed by atoms with van der Waals surface area (Å²) in [7, 11) is 0. The molecule has 1 aromatic heterocycles. The summed E-state index contributed by atoms with van der Waals surface area (Å²) in [4.78, 5) is 21.5. The van der Waals surface area contributed by atoms with Gasteiger partial charge < -0.3 is 14.5 Å². The maximum absolute atomic E-state index is 12.4. The van der Waals surface area contributed by atoms with Crippen LogP contribution < -0.4 is 0 Å². The molecule has 3 aliphatic rings. The molecular formula is C18H27N3O2S. The monoisotopic (exact) mass is 349 g/mol. The molecule has 2 aliphatic heterocycles. The highest BCUT2D eigenvalue weighted by molar-refractivity contribution is 7.09. The standard InChI is InChI=1S/C18H27N3O2S/c1-13-18(5-7-20(8-6-18)9-15-3-4-15)23-11-17(22)21(13)10-16-12-24-14(2)19-16/h12-13,15H,3-11H2,1-2H3. The zero-order valence-electron chi connectivity index (χ0n) is 14.7. The number of carbonyl (C=O) groups excluding carboxylic acids is 1. The second kappa shape index (κ2) is 6.39. The fraction of sp³-hybridized carbons (Fsp3) is 0.778. The summed E-state index contributed by atoms with van der Waals surface area (Å²) in [5, 5.41) is 3.12. The van der Waals surface area contributed by atoms with Crippen molar-refractivity contribution in [1.29, 1.82) is 0 Å². The summed E-state index contributed by atoms with van der Waals surface area (Å²) in [5.74, 6) is 1.04. The number of thiazole rings is 1. The first-order valence-corrected chi connectivity index (χ1v) is 10.0. The zero-order valence-corrected chi connectivity index (χ0v) is 15.5. The molecule has 6 heteroatoms. The van der Waals surface area contributed by atoms with Crippen LogP contribution in [0.15, 0.2) is 5.38 Å². The molecule has 0 radical (unpaired) electrons. The molecule has 1 aliphatic carbocycles. The Morgan fingerprint density at radius 2 is 2.12 bits per heavy atom. The highest BCUT2D eigenvalue weighted by Gasteiger charge is 2.48. The van der Waals surface area contributed by atoms with Crippen LogP contribution in [0.25, 0.3) is 0 Å². The van der Waals surface area contributed by atoms with E-state index in [0.29, 0.717) is 6.54 Å². The Morgan fingerprint density at radius 3 is 2.75 bits per heavy atom. The van der Waals surface area contributed by atoms with E-state index >= 15 is 0 Å². The number of aromatic nitrogens is 1. The van der Waals surface area contributed by atoms with Gasteiger partial charge in [0.05, 0.1) is 28.9 Å². The predicted molar refractivity (Wildman–Crippen MR) is 93.9 cm³/mol. The minimum atomic E-state index is -0.168. The summed E-state index contributed by atoms with van der Waals surface area (Å²) in [5.41, 5.74) is 0.833. The lowest BCUT2D eigenvalue weighted by Gasteiger charge is -2.51. The van der Waals surface area contributed by atoms with E-state index in [1.54, 1.807) is 11.3 Å². The Morgan fingerprint density at radius 1 is 1.38 bits per heavy atom. The van der Waals surface area contributed by atoms with E-state index in [9.17, 15) is 4.79 Å². The van der Waals surface area contributed by atoms with Gasteiger partial charge in [0.1, 0.15) is 6.61 Å². The number of nitrogens with zero attached hydrogens (tertiary/aromatic N) is 3. The number of hydrogen-bond acceptors (Lipinski definition) is 5. The molecule has 2 saturated heterocycles. The second-order valence-corrected chi connectivity index (χ2v) is 8.72. The molecule has 3 heterocycles.